The van der Waals surface area contributed by atoms with Crippen molar-refractivity contribution in [1.82, 2.24) is 5.32 Å². The maximum absolute atomic E-state index is 11.8. The second kappa shape index (κ2) is 7.90. The molecule has 0 aromatic heterocycles. The Labute approximate surface area is 95.8 Å². The smallest absolute Gasteiger partial charge is 0.330 e. The lowest BCUT2D eigenvalue weighted by atomic mass is 9.96. The Hall–Kier alpha value is -0.290. The molecule has 0 rings (SSSR count). The maximum atomic E-state index is 11.8. The summed E-state index contributed by atoms with van der Waals surface area (Å²) in [5.41, 5.74) is 5.58. The summed E-state index contributed by atoms with van der Waals surface area (Å²) in [6.45, 7) is 6.25. The van der Waals surface area contributed by atoms with Gasteiger partial charge in [-0.3, -0.25) is 0 Å². The summed E-state index contributed by atoms with van der Waals surface area (Å²) in [7, 11) is 0. The number of hydrogen-bond donors (Lipinski definition) is 2. The number of hydrogen-bond acceptors (Lipinski definition) is 2. The molecular weight excluding hydrogens is 217 g/mol. The standard InChI is InChI=1S/C11H23F3N2/c1-9(2)10(7-15)8-16-6-4-3-5-11(12,13)14/h9-10,16H,3-8,15H2,1-2H3. The lowest BCUT2D eigenvalue weighted by Crippen LogP contribution is -2.32. The highest BCUT2D eigenvalue weighted by atomic mass is 19.4. The van der Waals surface area contributed by atoms with E-state index in [1.165, 1.54) is 0 Å². The van der Waals surface area contributed by atoms with E-state index in [2.05, 4.69) is 19.2 Å². The fourth-order valence-corrected chi connectivity index (χ4v) is 1.45. The van der Waals surface area contributed by atoms with E-state index in [9.17, 15) is 13.2 Å². The maximum Gasteiger partial charge on any atom is 0.389 e. The number of nitrogens with one attached hydrogen (secondary N) is 1. The highest BCUT2D eigenvalue weighted by Gasteiger charge is 2.25. The molecule has 1 atom stereocenters. The van der Waals surface area contributed by atoms with E-state index in [1.54, 1.807) is 0 Å². The fourth-order valence-electron chi connectivity index (χ4n) is 1.45. The van der Waals surface area contributed by atoms with Crippen LogP contribution in [0.2, 0.25) is 0 Å². The minimum atomic E-state index is -4.02. The van der Waals surface area contributed by atoms with Crippen molar-refractivity contribution in [2.45, 2.75) is 39.3 Å². The third-order valence-electron chi connectivity index (χ3n) is 2.72. The van der Waals surface area contributed by atoms with Gasteiger partial charge < -0.3 is 11.1 Å². The molecule has 0 aromatic rings. The Balaban J connectivity index is 3.39. The monoisotopic (exact) mass is 240 g/mol. The van der Waals surface area contributed by atoms with Crippen molar-refractivity contribution in [1.29, 1.82) is 0 Å². The number of alkyl halides is 3. The Morgan fingerprint density at radius 2 is 1.81 bits per heavy atom. The first-order valence-corrected chi connectivity index (χ1v) is 5.84. The van der Waals surface area contributed by atoms with Gasteiger partial charge in [-0.2, -0.15) is 13.2 Å². The normalized spacial score (nSPS) is 14.4. The molecule has 1 unspecified atom stereocenters. The zero-order valence-corrected chi connectivity index (χ0v) is 10.1. The molecule has 2 nitrogen and oxygen atoms in total. The van der Waals surface area contributed by atoms with Crippen molar-refractivity contribution in [2.75, 3.05) is 19.6 Å². The summed E-state index contributed by atoms with van der Waals surface area (Å²) in [4.78, 5) is 0. The number of rotatable bonds is 8. The summed E-state index contributed by atoms with van der Waals surface area (Å²) >= 11 is 0. The Morgan fingerprint density at radius 1 is 1.19 bits per heavy atom. The second-order valence-electron chi connectivity index (χ2n) is 4.52. The Morgan fingerprint density at radius 3 is 2.25 bits per heavy atom. The van der Waals surface area contributed by atoms with Gasteiger partial charge in [0.2, 0.25) is 0 Å². The van der Waals surface area contributed by atoms with Crippen LogP contribution in [-0.2, 0) is 0 Å². The van der Waals surface area contributed by atoms with Crippen LogP contribution in [0.3, 0.4) is 0 Å². The fraction of sp³-hybridized carbons (Fsp3) is 1.00. The average molecular weight is 240 g/mol. The van der Waals surface area contributed by atoms with Gasteiger partial charge in [0.25, 0.3) is 0 Å². The van der Waals surface area contributed by atoms with Crippen LogP contribution in [0.15, 0.2) is 0 Å². The lowest BCUT2D eigenvalue weighted by Gasteiger charge is -2.19. The topological polar surface area (TPSA) is 38.0 Å². The zero-order valence-electron chi connectivity index (χ0n) is 10.1. The molecule has 0 saturated heterocycles. The van der Waals surface area contributed by atoms with E-state index in [4.69, 9.17) is 5.73 Å². The van der Waals surface area contributed by atoms with Gasteiger partial charge in [0.05, 0.1) is 0 Å². The highest BCUT2D eigenvalue weighted by Crippen LogP contribution is 2.21. The third-order valence-corrected chi connectivity index (χ3v) is 2.72. The lowest BCUT2D eigenvalue weighted by molar-refractivity contribution is -0.135. The SMILES string of the molecule is CC(C)C(CN)CNCCCCC(F)(F)F. The third kappa shape index (κ3) is 8.97. The second-order valence-corrected chi connectivity index (χ2v) is 4.52. The van der Waals surface area contributed by atoms with E-state index in [1.807, 2.05) is 0 Å². The molecule has 0 aliphatic heterocycles. The molecular formula is C11H23F3N2. The van der Waals surface area contributed by atoms with Crippen LogP contribution in [0.25, 0.3) is 0 Å². The van der Waals surface area contributed by atoms with E-state index < -0.39 is 12.6 Å². The van der Waals surface area contributed by atoms with Crippen LogP contribution in [0, 0.1) is 11.8 Å². The summed E-state index contributed by atoms with van der Waals surface area (Å²) in [6, 6.07) is 0. The number of halogens is 3. The molecule has 0 aliphatic rings. The first kappa shape index (κ1) is 15.7. The minimum absolute atomic E-state index is 0.200. The molecule has 0 heterocycles. The van der Waals surface area contributed by atoms with Crippen LogP contribution in [-0.4, -0.2) is 25.8 Å². The highest BCUT2D eigenvalue weighted by molar-refractivity contribution is 4.66. The van der Waals surface area contributed by atoms with Crippen molar-refractivity contribution in [3.63, 3.8) is 0 Å². The molecule has 0 bridgehead atoms. The van der Waals surface area contributed by atoms with Crippen molar-refractivity contribution >= 4 is 0 Å². The van der Waals surface area contributed by atoms with Gasteiger partial charge in [-0.05, 0) is 44.3 Å². The first-order valence-electron chi connectivity index (χ1n) is 5.84. The average Bonchev–Trinajstić information content (AvgIpc) is 2.14. The summed E-state index contributed by atoms with van der Waals surface area (Å²) in [6.07, 6.45) is -3.93. The predicted octanol–water partition coefficient (Wildman–Crippen LogP) is 2.54. The van der Waals surface area contributed by atoms with Crippen LogP contribution < -0.4 is 11.1 Å². The Kier molecular flexibility index (Phi) is 7.76. The van der Waals surface area contributed by atoms with Crippen LogP contribution in [0.5, 0.6) is 0 Å². The molecule has 16 heavy (non-hydrogen) atoms. The molecule has 3 N–H and O–H groups in total. The Bertz CT molecular complexity index is 169. The molecule has 0 aromatic carbocycles. The van der Waals surface area contributed by atoms with Crippen LogP contribution >= 0.6 is 0 Å². The zero-order chi connectivity index (χ0) is 12.6. The molecule has 5 heteroatoms. The van der Waals surface area contributed by atoms with E-state index in [-0.39, 0.29) is 6.42 Å². The van der Waals surface area contributed by atoms with Crippen molar-refractivity contribution in [2.24, 2.45) is 17.6 Å². The van der Waals surface area contributed by atoms with Gasteiger partial charge in [-0.25, -0.2) is 0 Å². The molecule has 0 fully saturated rings. The van der Waals surface area contributed by atoms with Gasteiger partial charge in [0, 0.05) is 6.42 Å². The minimum Gasteiger partial charge on any atom is -0.330 e. The van der Waals surface area contributed by atoms with Crippen molar-refractivity contribution in [3.8, 4) is 0 Å². The quantitative estimate of drug-likeness (QED) is 0.640. The van der Waals surface area contributed by atoms with Crippen molar-refractivity contribution < 1.29 is 13.2 Å². The van der Waals surface area contributed by atoms with Crippen LogP contribution in [0.1, 0.15) is 33.1 Å². The molecule has 98 valence electrons. The van der Waals surface area contributed by atoms with Crippen LogP contribution in [0.4, 0.5) is 13.2 Å². The summed E-state index contributed by atoms with van der Waals surface area (Å²) in [5.74, 6) is 0.912. The van der Waals surface area contributed by atoms with Gasteiger partial charge in [-0.1, -0.05) is 13.8 Å². The van der Waals surface area contributed by atoms with E-state index in [0.717, 1.165) is 6.54 Å². The number of nitrogens with two attached hydrogens (primary N) is 1. The van der Waals surface area contributed by atoms with E-state index in [0.29, 0.717) is 31.3 Å². The van der Waals surface area contributed by atoms with Crippen molar-refractivity contribution in [3.05, 3.63) is 0 Å². The largest absolute Gasteiger partial charge is 0.389 e. The molecule has 0 aliphatic carbocycles. The van der Waals surface area contributed by atoms with Gasteiger partial charge >= 0.3 is 6.18 Å². The molecule has 0 amide bonds. The predicted molar refractivity (Wildman–Crippen MR) is 60.2 cm³/mol. The molecule has 0 radical (unpaired) electrons. The van der Waals surface area contributed by atoms with Gasteiger partial charge in [0.1, 0.15) is 0 Å². The first-order chi connectivity index (χ1) is 7.37. The molecule has 0 spiro atoms. The van der Waals surface area contributed by atoms with Gasteiger partial charge in [-0.15, -0.1) is 0 Å². The summed E-state index contributed by atoms with van der Waals surface area (Å²) in [5, 5.41) is 3.16. The van der Waals surface area contributed by atoms with E-state index >= 15 is 0 Å². The summed E-state index contributed by atoms with van der Waals surface area (Å²) < 4.78 is 35.4. The van der Waals surface area contributed by atoms with Gasteiger partial charge in [0.15, 0.2) is 0 Å². The number of unbranched alkanes of at least 4 members (excludes halogenated alkanes) is 1. The molecule has 0 saturated carbocycles.